The van der Waals surface area contributed by atoms with Crippen molar-refractivity contribution < 1.29 is 0 Å². The minimum absolute atomic E-state index is 0.173. The number of hydrogen-bond acceptors (Lipinski definition) is 5. The van der Waals surface area contributed by atoms with Crippen molar-refractivity contribution in [2.24, 2.45) is 11.1 Å². The second-order valence-corrected chi connectivity index (χ2v) is 8.12. The van der Waals surface area contributed by atoms with Crippen LogP contribution in [0.5, 0.6) is 0 Å². The van der Waals surface area contributed by atoms with Crippen molar-refractivity contribution in [2.45, 2.75) is 32.2 Å². The van der Waals surface area contributed by atoms with E-state index >= 15 is 0 Å². The van der Waals surface area contributed by atoms with Gasteiger partial charge < -0.3 is 10.6 Å². The first-order valence-corrected chi connectivity index (χ1v) is 9.37. The molecule has 1 aromatic carbocycles. The second kappa shape index (κ2) is 5.04. The Balaban J connectivity index is 1.38. The zero-order valence-electron chi connectivity index (χ0n) is 13.8. The average molecular weight is 339 g/mol. The zero-order chi connectivity index (χ0) is 16.3. The average Bonchev–Trinajstić information content (AvgIpc) is 3.24. The van der Waals surface area contributed by atoms with Crippen LogP contribution in [-0.4, -0.2) is 27.7 Å². The van der Waals surface area contributed by atoms with Gasteiger partial charge in [0, 0.05) is 19.1 Å². The van der Waals surface area contributed by atoms with Crippen molar-refractivity contribution in [3.05, 3.63) is 47.3 Å². The SMILES string of the molecule is Cc1cnc2sc(N3CCC4(CC3)Cc3ccccc3[C@H]4N)nn12. The summed E-state index contributed by atoms with van der Waals surface area (Å²) in [5, 5.41) is 5.82. The molecule has 0 amide bonds. The molecule has 1 fully saturated rings. The first kappa shape index (κ1) is 14.4. The largest absolute Gasteiger partial charge is 0.347 e. The molecule has 1 saturated heterocycles. The van der Waals surface area contributed by atoms with Crippen LogP contribution in [0.25, 0.3) is 4.96 Å². The van der Waals surface area contributed by atoms with Crippen LogP contribution in [-0.2, 0) is 6.42 Å². The molecule has 0 unspecified atom stereocenters. The van der Waals surface area contributed by atoms with Crippen LogP contribution in [0.2, 0.25) is 0 Å². The summed E-state index contributed by atoms with van der Waals surface area (Å²) in [7, 11) is 0. The molecule has 3 heterocycles. The van der Waals surface area contributed by atoms with Crippen molar-refractivity contribution in [1.82, 2.24) is 14.6 Å². The monoisotopic (exact) mass is 339 g/mol. The molecule has 5 rings (SSSR count). The fraction of sp³-hybridized carbons (Fsp3) is 0.444. The highest BCUT2D eigenvalue weighted by Gasteiger charge is 2.46. The number of piperidine rings is 1. The fourth-order valence-electron chi connectivity index (χ4n) is 4.36. The van der Waals surface area contributed by atoms with Gasteiger partial charge in [-0.25, -0.2) is 9.50 Å². The number of hydrogen-bond donors (Lipinski definition) is 1. The number of imidazole rings is 1. The number of nitrogens with two attached hydrogens (primary N) is 1. The normalized spacial score (nSPS) is 22.4. The molecule has 0 saturated carbocycles. The topological polar surface area (TPSA) is 59.5 Å². The first-order chi connectivity index (χ1) is 11.7. The van der Waals surface area contributed by atoms with Crippen LogP contribution in [0.4, 0.5) is 5.13 Å². The standard InChI is InChI=1S/C18H21N5S/c1-12-11-20-16-23(12)21-17(24-16)22-8-6-18(7-9-22)10-13-4-2-3-5-14(13)15(18)19/h2-5,11,15H,6-10,19H2,1H3/t15-/m1/s1. The van der Waals surface area contributed by atoms with Crippen molar-refractivity contribution in [1.29, 1.82) is 0 Å². The summed E-state index contributed by atoms with van der Waals surface area (Å²) in [6.45, 7) is 4.10. The minimum atomic E-state index is 0.173. The van der Waals surface area contributed by atoms with Crippen LogP contribution in [0, 0.1) is 12.3 Å². The van der Waals surface area contributed by atoms with E-state index in [9.17, 15) is 0 Å². The molecule has 124 valence electrons. The lowest BCUT2D eigenvalue weighted by atomic mass is 9.73. The van der Waals surface area contributed by atoms with Gasteiger partial charge >= 0.3 is 0 Å². The Kier molecular flexibility index (Phi) is 3.03. The van der Waals surface area contributed by atoms with Gasteiger partial charge in [-0.05, 0) is 42.7 Å². The second-order valence-electron chi connectivity index (χ2n) is 7.18. The zero-order valence-corrected chi connectivity index (χ0v) is 14.6. The van der Waals surface area contributed by atoms with Crippen LogP contribution < -0.4 is 10.6 Å². The third kappa shape index (κ3) is 1.96. The molecule has 5 nitrogen and oxygen atoms in total. The summed E-state index contributed by atoms with van der Waals surface area (Å²) in [5.41, 5.74) is 10.8. The maximum Gasteiger partial charge on any atom is 0.214 e. The van der Waals surface area contributed by atoms with Gasteiger partial charge in [0.25, 0.3) is 0 Å². The Labute approximate surface area is 145 Å². The number of anilines is 1. The molecule has 6 heteroatoms. The lowest BCUT2D eigenvalue weighted by Gasteiger charge is -2.42. The van der Waals surface area contributed by atoms with Gasteiger partial charge in [0.15, 0.2) is 0 Å². The Morgan fingerprint density at radius 1 is 1.25 bits per heavy atom. The van der Waals surface area contributed by atoms with E-state index in [1.807, 2.05) is 17.6 Å². The van der Waals surface area contributed by atoms with E-state index in [1.165, 1.54) is 11.1 Å². The third-order valence-electron chi connectivity index (χ3n) is 5.87. The van der Waals surface area contributed by atoms with Crippen LogP contribution >= 0.6 is 11.3 Å². The Hall–Kier alpha value is -1.92. The van der Waals surface area contributed by atoms with Crippen LogP contribution in [0.3, 0.4) is 0 Å². The predicted molar refractivity (Wildman–Crippen MR) is 96.6 cm³/mol. The highest BCUT2D eigenvalue weighted by Crippen LogP contribution is 2.51. The van der Waals surface area contributed by atoms with Crippen LogP contribution in [0.15, 0.2) is 30.5 Å². The maximum atomic E-state index is 6.66. The van der Waals surface area contributed by atoms with E-state index in [2.05, 4.69) is 34.1 Å². The molecule has 1 spiro atoms. The lowest BCUT2D eigenvalue weighted by molar-refractivity contribution is 0.187. The van der Waals surface area contributed by atoms with Crippen molar-refractivity contribution in [3.63, 3.8) is 0 Å². The van der Waals surface area contributed by atoms with Crippen molar-refractivity contribution in [3.8, 4) is 0 Å². The summed E-state index contributed by atoms with van der Waals surface area (Å²) < 4.78 is 1.95. The molecular formula is C18H21N5S. The van der Waals surface area contributed by atoms with E-state index in [4.69, 9.17) is 10.8 Å². The molecule has 24 heavy (non-hydrogen) atoms. The summed E-state index contributed by atoms with van der Waals surface area (Å²) in [4.78, 5) is 7.80. The van der Waals surface area contributed by atoms with Gasteiger partial charge in [-0.1, -0.05) is 35.6 Å². The van der Waals surface area contributed by atoms with Gasteiger partial charge in [-0.2, -0.15) is 0 Å². The molecule has 2 N–H and O–H groups in total. The number of aryl methyl sites for hydroxylation is 1. The van der Waals surface area contributed by atoms with Gasteiger partial charge in [-0.15, -0.1) is 5.10 Å². The summed E-state index contributed by atoms with van der Waals surface area (Å²) in [6.07, 6.45) is 5.26. The van der Waals surface area contributed by atoms with E-state index in [1.54, 1.807) is 11.3 Å². The van der Waals surface area contributed by atoms with E-state index in [0.29, 0.717) is 0 Å². The van der Waals surface area contributed by atoms with Crippen LogP contribution in [0.1, 0.15) is 35.7 Å². The summed E-state index contributed by atoms with van der Waals surface area (Å²) in [5.74, 6) is 0. The molecule has 3 aromatic rings. The molecule has 2 aromatic heterocycles. The fourth-order valence-corrected chi connectivity index (χ4v) is 5.34. The number of nitrogens with zero attached hydrogens (tertiary/aromatic N) is 4. The molecule has 1 aliphatic carbocycles. The number of rotatable bonds is 1. The number of benzene rings is 1. The predicted octanol–water partition coefficient (Wildman–Crippen LogP) is 2.94. The Bertz CT molecular complexity index is 903. The maximum absolute atomic E-state index is 6.66. The summed E-state index contributed by atoms with van der Waals surface area (Å²) >= 11 is 1.68. The minimum Gasteiger partial charge on any atom is -0.347 e. The molecular weight excluding hydrogens is 318 g/mol. The van der Waals surface area contributed by atoms with Crippen molar-refractivity contribution >= 4 is 21.4 Å². The van der Waals surface area contributed by atoms with Gasteiger partial charge in [-0.3, -0.25) is 0 Å². The lowest BCUT2D eigenvalue weighted by Crippen LogP contribution is -2.44. The van der Waals surface area contributed by atoms with Gasteiger partial charge in [0.05, 0.1) is 11.9 Å². The Morgan fingerprint density at radius 3 is 2.79 bits per heavy atom. The highest BCUT2D eigenvalue weighted by molar-refractivity contribution is 7.20. The molecule has 0 bridgehead atoms. The highest BCUT2D eigenvalue weighted by atomic mass is 32.1. The summed E-state index contributed by atoms with van der Waals surface area (Å²) in [6, 6.07) is 8.87. The van der Waals surface area contributed by atoms with E-state index in [0.717, 1.165) is 48.1 Å². The molecule has 0 radical (unpaired) electrons. The van der Waals surface area contributed by atoms with Crippen molar-refractivity contribution in [2.75, 3.05) is 18.0 Å². The smallest absolute Gasteiger partial charge is 0.214 e. The number of fused-ring (bicyclic) bond motifs is 2. The Morgan fingerprint density at radius 2 is 2.04 bits per heavy atom. The molecule has 1 atom stereocenters. The quantitative estimate of drug-likeness (QED) is 0.740. The van der Waals surface area contributed by atoms with Gasteiger partial charge in [0.2, 0.25) is 10.1 Å². The van der Waals surface area contributed by atoms with E-state index < -0.39 is 0 Å². The molecule has 1 aliphatic heterocycles. The first-order valence-electron chi connectivity index (χ1n) is 8.56. The third-order valence-corrected chi connectivity index (χ3v) is 6.85. The molecule has 2 aliphatic rings. The van der Waals surface area contributed by atoms with E-state index in [-0.39, 0.29) is 11.5 Å². The number of aromatic nitrogens is 3. The van der Waals surface area contributed by atoms with Gasteiger partial charge in [0.1, 0.15) is 0 Å².